The number of carbonyl (C=O) groups is 2. The molecule has 1 fully saturated rings. The van der Waals surface area contributed by atoms with Gasteiger partial charge in [-0.05, 0) is 17.7 Å². The summed E-state index contributed by atoms with van der Waals surface area (Å²) in [5.41, 5.74) is 0.947. The Hall–Kier alpha value is -1.56. The minimum atomic E-state index is -1.01. The lowest BCUT2D eigenvalue weighted by molar-refractivity contribution is -0.145. The van der Waals surface area contributed by atoms with E-state index in [1.54, 1.807) is 0 Å². The predicted molar refractivity (Wildman–Crippen MR) is 72.0 cm³/mol. The van der Waals surface area contributed by atoms with E-state index in [2.05, 4.69) is 15.9 Å². The molecule has 2 unspecified atom stereocenters. The summed E-state index contributed by atoms with van der Waals surface area (Å²) in [6.07, 6.45) is -1.01. The molecule has 1 heterocycles. The molecule has 1 N–H and O–H groups in total. The number of esters is 1. The van der Waals surface area contributed by atoms with Gasteiger partial charge in [-0.1, -0.05) is 28.1 Å². The highest BCUT2D eigenvalue weighted by molar-refractivity contribution is 9.10. The van der Waals surface area contributed by atoms with E-state index in [1.807, 2.05) is 24.3 Å². The molecule has 19 heavy (non-hydrogen) atoms. The summed E-state index contributed by atoms with van der Waals surface area (Å²) >= 11 is 3.35. The standard InChI is InChI=1S/C13H14BrNO4/c1-19-12(16)11-7-15(13(17)18)6-10(11)8-2-4-9(14)5-3-8/h2-5,10-11H,6-7H2,1H3,(H,17,18). The van der Waals surface area contributed by atoms with Gasteiger partial charge in [-0.15, -0.1) is 0 Å². The van der Waals surface area contributed by atoms with Crippen LogP contribution in [0.4, 0.5) is 4.79 Å². The van der Waals surface area contributed by atoms with E-state index < -0.39 is 12.0 Å². The first kappa shape index (κ1) is 13.9. The van der Waals surface area contributed by atoms with Gasteiger partial charge in [0.15, 0.2) is 0 Å². The smallest absolute Gasteiger partial charge is 0.407 e. The number of benzene rings is 1. The Labute approximate surface area is 119 Å². The van der Waals surface area contributed by atoms with Gasteiger partial charge < -0.3 is 14.7 Å². The molecule has 1 aromatic carbocycles. The van der Waals surface area contributed by atoms with Gasteiger partial charge in [0.05, 0.1) is 13.0 Å². The predicted octanol–water partition coefficient (Wildman–Crippen LogP) is 2.32. The van der Waals surface area contributed by atoms with E-state index in [-0.39, 0.29) is 18.4 Å². The number of rotatable bonds is 2. The maximum Gasteiger partial charge on any atom is 0.407 e. The first-order valence-corrected chi connectivity index (χ1v) is 6.63. The van der Waals surface area contributed by atoms with Gasteiger partial charge in [-0.25, -0.2) is 4.79 Å². The van der Waals surface area contributed by atoms with Crippen LogP contribution in [0.5, 0.6) is 0 Å². The first-order chi connectivity index (χ1) is 9.02. The second-order valence-corrected chi connectivity index (χ2v) is 5.39. The van der Waals surface area contributed by atoms with E-state index in [1.165, 1.54) is 12.0 Å². The van der Waals surface area contributed by atoms with Crippen LogP contribution in [0.3, 0.4) is 0 Å². The Morgan fingerprint density at radius 3 is 2.47 bits per heavy atom. The summed E-state index contributed by atoms with van der Waals surface area (Å²) in [5.74, 6) is -0.962. The zero-order chi connectivity index (χ0) is 14.0. The second kappa shape index (κ2) is 5.61. The summed E-state index contributed by atoms with van der Waals surface area (Å²) in [6.45, 7) is 0.499. The average molecular weight is 328 g/mol. The molecule has 1 aromatic rings. The number of halogens is 1. The van der Waals surface area contributed by atoms with Gasteiger partial charge in [0.1, 0.15) is 0 Å². The van der Waals surface area contributed by atoms with Crippen molar-refractivity contribution in [3.05, 3.63) is 34.3 Å². The molecule has 0 saturated carbocycles. The van der Waals surface area contributed by atoms with Crippen LogP contribution in [0.15, 0.2) is 28.7 Å². The van der Waals surface area contributed by atoms with E-state index in [0.29, 0.717) is 6.54 Å². The number of likely N-dealkylation sites (tertiary alicyclic amines) is 1. The van der Waals surface area contributed by atoms with Crippen LogP contribution in [0.1, 0.15) is 11.5 Å². The summed E-state index contributed by atoms with van der Waals surface area (Å²) in [4.78, 5) is 24.1. The van der Waals surface area contributed by atoms with Crippen molar-refractivity contribution >= 4 is 28.0 Å². The number of carboxylic acid groups (broad SMARTS) is 1. The molecule has 6 heteroatoms. The fourth-order valence-corrected chi connectivity index (χ4v) is 2.66. The first-order valence-electron chi connectivity index (χ1n) is 5.84. The van der Waals surface area contributed by atoms with Crippen LogP contribution in [0, 0.1) is 5.92 Å². The van der Waals surface area contributed by atoms with E-state index in [9.17, 15) is 9.59 Å². The van der Waals surface area contributed by atoms with Crippen molar-refractivity contribution < 1.29 is 19.4 Å². The summed E-state index contributed by atoms with van der Waals surface area (Å²) in [6, 6.07) is 7.56. The molecule has 2 rings (SSSR count). The SMILES string of the molecule is COC(=O)C1CN(C(=O)O)CC1c1ccc(Br)cc1. The van der Waals surface area contributed by atoms with Crippen molar-refractivity contribution in [3.63, 3.8) is 0 Å². The van der Waals surface area contributed by atoms with Crippen LogP contribution < -0.4 is 0 Å². The highest BCUT2D eigenvalue weighted by Crippen LogP contribution is 2.34. The van der Waals surface area contributed by atoms with Crippen molar-refractivity contribution in [3.8, 4) is 0 Å². The quantitative estimate of drug-likeness (QED) is 0.846. The molecule has 0 radical (unpaired) electrons. The third-order valence-electron chi connectivity index (χ3n) is 3.39. The number of methoxy groups -OCH3 is 1. The molecule has 0 aliphatic carbocycles. The molecule has 1 aliphatic rings. The molecule has 1 aliphatic heterocycles. The van der Waals surface area contributed by atoms with Crippen molar-refractivity contribution in [2.75, 3.05) is 20.2 Å². The molecule has 2 atom stereocenters. The fraction of sp³-hybridized carbons (Fsp3) is 0.385. The Morgan fingerprint density at radius 1 is 1.32 bits per heavy atom. The Balaban J connectivity index is 2.27. The maximum atomic E-state index is 11.8. The minimum Gasteiger partial charge on any atom is -0.469 e. The van der Waals surface area contributed by atoms with Gasteiger partial charge in [0.2, 0.25) is 0 Å². The minimum absolute atomic E-state index is 0.156. The Bertz CT molecular complexity index is 488. The summed E-state index contributed by atoms with van der Waals surface area (Å²) in [5, 5.41) is 9.06. The zero-order valence-corrected chi connectivity index (χ0v) is 12.0. The van der Waals surface area contributed by atoms with Crippen LogP contribution in [-0.2, 0) is 9.53 Å². The molecule has 1 amide bonds. The van der Waals surface area contributed by atoms with E-state index in [0.717, 1.165) is 10.0 Å². The molecule has 0 bridgehead atoms. The molecule has 5 nitrogen and oxygen atoms in total. The number of ether oxygens (including phenoxy) is 1. The third kappa shape index (κ3) is 2.89. The number of hydrogen-bond donors (Lipinski definition) is 1. The molecule has 0 aromatic heterocycles. The van der Waals surface area contributed by atoms with Crippen molar-refractivity contribution in [1.82, 2.24) is 4.90 Å². The van der Waals surface area contributed by atoms with E-state index in [4.69, 9.17) is 9.84 Å². The topological polar surface area (TPSA) is 66.8 Å². The number of carbonyl (C=O) groups excluding carboxylic acids is 1. The van der Waals surface area contributed by atoms with Crippen molar-refractivity contribution in [1.29, 1.82) is 0 Å². The number of nitrogens with zero attached hydrogens (tertiary/aromatic N) is 1. The maximum absolute atomic E-state index is 11.8. The normalized spacial score (nSPS) is 22.3. The zero-order valence-electron chi connectivity index (χ0n) is 10.4. The van der Waals surface area contributed by atoms with Crippen molar-refractivity contribution in [2.45, 2.75) is 5.92 Å². The van der Waals surface area contributed by atoms with Gasteiger partial charge >= 0.3 is 12.1 Å². The summed E-state index contributed by atoms with van der Waals surface area (Å²) < 4.78 is 5.71. The van der Waals surface area contributed by atoms with Crippen LogP contribution >= 0.6 is 15.9 Å². The second-order valence-electron chi connectivity index (χ2n) is 4.48. The van der Waals surface area contributed by atoms with Gasteiger partial charge in [-0.3, -0.25) is 4.79 Å². The molecular formula is C13H14BrNO4. The van der Waals surface area contributed by atoms with Crippen LogP contribution in [0.2, 0.25) is 0 Å². The lowest BCUT2D eigenvalue weighted by atomic mass is 9.89. The fourth-order valence-electron chi connectivity index (χ4n) is 2.40. The van der Waals surface area contributed by atoms with Crippen molar-refractivity contribution in [2.24, 2.45) is 5.92 Å². The van der Waals surface area contributed by atoms with Gasteiger partial charge in [0, 0.05) is 23.5 Å². The van der Waals surface area contributed by atoms with Gasteiger partial charge in [0.25, 0.3) is 0 Å². The van der Waals surface area contributed by atoms with Crippen LogP contribution in [0.25, 0.3) is 0 Å². The van der Waals surface area contributed by atoms with Crippen LogP contribution in [-0.4, -0.2) is 42.3 Å². The highest BCUT2D eigenvalue weighted by atomic mass is 79.9. The van der Waals surface area contributed by atoms with E-state index >= 15 is 0 Å². The molecule has 102 valence electrons. The molecule has 0 spiro atoms. The average Bonchev–Trinajstić information content (AvgIpc) is 2.84. The Kier molecular flexibility index (Phi) is 4.09. The lowest BCUT2D eigenvalue weighted by Gasteiger charge is -2.16. The monoisotopic (exact) mass is 327 g/mol. The third-order valence-corrected chi connectivity index (χ3v) is 3.92. The number of amides is 1. The van der Waals surface area contributed by atoms with Gasteiger partial charge in [-0.2, -0.15) is 0 Å². The number of hydrogen-bond acceptors (Lipinski definition) is 3. The summed E-state index contributed by atoms with van der Waals surface area (Å²) in [7, 11) is 1.32. The molecule has 1 saturated heterocycles. The Morgan fingerprint density at radius 2 is 1.95 bits per heavy atom. The molecular weight excluding hydrogens is 314 g/mol. The lowest BCUT2D eigenvalue weighted by Crippen LogP contribution is -2.28. The highest BCUT2D eigenvalue weighted by Gasteiger charge is 2.41. The largest absolute Gasteiger partial charge is 0.469 e.